The molecule has 0 unspecified atom stereocenters. The smallest absolute Gasteiger partial charge is 0.379 e. The Kier molecular flexibility index (Phi) is 3.34. The van der Waals surface area contributed by atoms with Crippen molar-refractivity contribution < 1.29 is 18.4 Å². The van der Waals surface area contributed by atoms with Gasteiger partial charge in [-0.1, -0.05) is 0 Å². The van der Waals surface area contributed by atoms with Crippen LogP contribution in [-0.4, -0.2) is 5.97 Å². The van der Waals surface area contributed by atoms with Crippen LogP contribution < -0.4 is 10.4 Å². The number of esters is 1. The summed E-state index contributed by atoms with van der Waals surface area (Å²) in [5.41, 5.74) is 1.94. The van der Waals surface area contributed by atoms with Crippen molar-refractivity contribution in [3.05, 3.63) is 62.3 Å². The molecule has 4 rings (SSSR count). The van der Waals surface area contributed by atoms with Crippen LogP contribution in [0.5, 0.6) is 5.75 Å². The third-order valence-electron chi connectivity index (χ3n) is 3.93. The number of ether oxygens (including phenoxy) is 1. The fourth-order valence-corrected chi connectivity index (χ4v) is 3.22. The van der Waals surface area contributed by atoms with Gasteiger partial charge in [0.05, 0.1) is 0 Å². The number of benzene rings is 1. The highest BCUT2D eigenvalue weighted by atomic mass is 79.9. The van der Waals surface area contributed by atoms with Gasteiger partial charge in [0.2, 0.25) is 5.76 Å². The van der Waals surface area contributed by atoms with Crippen LogP contribution in [0.3, 0.4) is 0 Å². The van der Waals surface area contributed by atoms with Crippen molar-refractivity contribution in [2.75, 3.05) is 0 Å². The molecule has 2 aromatic heterocycles. The largest absolute Gasteiger partial charge is 0.442 e. The Morgan fingerprint density at radius 2 is 1.91 bits per heavy atom. The molecule has 23 heavy (non-hydrogen) atoms. The molecule has 0 aliphatic heterocycles. The van der Waals surface area contributed by atoms with E-state index in [0.717, 1.165) is 35.8 Å². The minimum atomic E-state index is -0.612. The monoisotopic (exact) mass is 374 g/mol. The summed E-state index contributed by atoms with van der Waals surface area (Å²) in [6.07, 6.45) is 2.60. The molecule has 5 nitrogen and oxygen atoms in total. The quantitative estimate of drug-likeness (QED) is 0.387. The second kappa shape index (κ2) is 5.38. The lowest BCUT2D eigenvalue weighted by atomic mass is 10.1. The van der Waals surface area contributed by atoms with E-state index in [1.54, 1.807) is 18.2 Å². The van der Waals surface area contributed by atoms with E-state index in [9.17, 15) is 9.59 Å². The average Bonchev–Trinajstić information content (AvgIpc) is 3.16. The van der Waals surface area contributed by atoms with Crippen molar-refractivity contribution in [1.82, 2.24) is 0 Å². The fraction of sp³-hybridized carbons (Fsp3) is 0.176. The molecule has 0 radical (unpaired) electrons. The third-order valence-corrected chi connectivity index (χ3v) is 4.36. The van der Waals surface area contributed by atoms with Crippen LogP contribution >= 0.6 is 15.9 Å². The highest BCUT2D eigenvalue weighted by molar-refractivity contribution is 9.10. The van der Waals surface area contributed by atoms with Crippen LogP contribution in [0.15, 0.2) is 48.6 Å². The molecule has 2 heterocycles. The molecule has 0 bridgehead atoms. The van der Waals surface area contributed by atoms with Crippen molar-refractivity contribution in [2.24, 2.45) is 0 Å². The van der Waals surface area contributed by atoms with Gasteiger partial charge in [-0.15, -0.1) is 0 Å². The highest BCUT2D eigenvalue weighted by Gasteiger charge is 2.20. The maximum Gasteiger partial charge on any atom is 0.379 e. The average molecular weight is 375 g/mol. The number of furan rings is 1. The van der Waals surface area contributed by atoms with E-state index < -0.39 is 5.97 Å². The van der Waals surface area contributed by atoms with Crippen molar-refractivity contribution >= 4 is 32.9 Å². The number of carbonyl (C=O) groups is 1. The van der Waals surface area contributed by atoms with Gasteiger partial charge in [-0.05, 0) is 65.0 Å². The van der Waals surface area contributed by atoms with Crippen LogP contribution in [0.2, 0.25) is 0 Å². The van der Waals surface area contributed by atoms with E-state index in [-0.39, 0.29) is 11.4 Å². The van der Waals surface area contributed by atoms with Gasteiger partial charge in [0.1, 0.15) is 11.3 Å². The van der Waals surface area contributed by atoms with E-state index >= 15 is 0 Å². The van der Waals surface area contributed by atoms with Crippen LogP contribution in [-0.2, 0) is 12.8 Å². The molecule has 6 heteroatoms. The zero-order valence-corrected chi connectivity index (χ0v) is 13.5. The normalized spacial score (nSPS) is 13.3. The van der Waals surface area contributed by atoms with E-state index in [4.69, 9.17) is 13.6 Å². The van der Waals surface area contributed by atoms with E-state index in [2.05, 4.69) is 15.9 Å². The number of hydrogen-bond acceptors (Lipinski definition) is 5. The van der Waals surface area contributed by atoms with Crippen LogP contribution in [0.1, 0.15) is 28.1 Å². The van der Waals surface area contributed by atoms with Gasteiger partial charge in [0.15, 0.2) is 4.67 Å². The minimum absolute atomic E-state index is 0.0902. The lowest BCUT2D eigenvalue weighted by molar-refractivity contribution is 0.0700. The zero-order valence-electron chi connectivity index (χ0n) is 11.9. The Hall–Kier alpha value is -2.34. The molecular formula is C17H11BrO5. The van der Waals surface area contributed by atoms with Gasteiger partial charge in [-0.2, -0.15) is 0 Å². The first-order chi connectivity index (χ1) is 11.1. The third kappa shape index (κ3) is 2.49. The molecule has 0 spiro atoms. The molecule has 3 aromatic rings. The molecule has 0 amide bonds. The lowest BCUT2D eigenvalue weighted by Crippen LogP contribution is -2.08. The van der Waals surface area contributed by atoms with Gasteiger partial charge in [-0.25, -0.2) is 9.59 Å². The molecule has 0 saturated carbocycles. The zero-order chi connectivity index (χ0) is 16.0. The first-order valence-corrected chi connectivity index (χ1v) is 7.97. The number of aryl methyl sites for hydroxylation is 1. The summed E-state index contributed by atoms with van der Waals surface area (Å²) in [7, 11) is 0. The Bertz CT molecular complexity index is 982. The second-order valence-electron chi connectivity index (χ2n) is 5.35. The Morgan fingerprint density at radius 3 is 2.70 bits per heavy atom. The molecule has 116 valence electrons. The Balaban J connectivity index is 1.71. The van der Waals surface area contributed by atoms with Crippen molar-refractivity contribution in [2.45, 2.75) is 19.3 Å². The highest BCUT2D eigenvalue weighted by Crippen LogP contribution is 2.30. The molecule has 0 N–H and O–H groups in total. The molecule has 0 atom stereocenters. The summed E-state index contributed by atoms with van der Waals surface area (Å²) < 4.78 is 16.2. The van der Waals surface area contributed by atoms with Gasteiger partial charge in [0.25, 0.3) is 0 Å². The minimum Gasteiger partial charge on any atom is -0.442 e. The maximum absolute atomic E-state index is 12.0. The second-order valence-corrected chi connectivity index (χ2v) is 6.13. The summed E-state index contributed by atoms with van der Waals surface area (Å²) in [5, 5.41) is 0.901. The maximum atomic E-state index is 12.0. The van der Waals surface area contributed by atoms with Crippen molar-refractivity contribution in [1.29, 1.82) is 0 Å². The van der Waals surface area contributed by atoms with Crippen LogP contribution in [0.25, 0.3) is 11.0 Å². The summed E-state index contributed by atoms with van der Waals surface area (Å²) in [4.78, 5) is 24.0. The molecule has 1 aliphatic carbocycles. The first kappa shape index (κ1) is 14.3. The topological polar surface area (TPSA) is 69.7 Å². The van der Waals surface area contributed by atoms with Crippen LogP contribution in [0.4, 0.5) is 0 Å². The molecular weight excluding hydrogens is 364 g/mol. The summed E-state index contributed by atoms with van der Waals surface area (Å²) in [6, 6.07) is 8.20. The summed E-state index contributed by atoms with van der Waals surface area (Å²) in [6.45, 7) is 0. The van der Waals surface area contributed by atoms with E-state index in [0.29, 0.717) is 16.0 Å². The Morgan fingerprint density at radius 1 is 1.09 bits per heavy atom. The predicted octanol–water partition coefficient (Wildman–Crippen LogP) is 3.86. The Labute approximate surface area is 139 Å². The number of fused-ring (bicyclic) bond motifs is 3. The molecule has 1 aromatic carbocycles. The van der Waals surface area contributed by atoms with E-state index in [1.165, 1.54) is 6.07 Å². The van der Waals surface area contributed by atoms with Gasteiger partial charge < -0.3 is 13.6 Å². The van der Waals surface area contributed by atoms with Crippen LogP contribution in [0, 0.1) is 0 Å². The molecule has 0 saturated heterocycles. The van der Waals surface area contributed by atoms with Crippen molar-refractivity contribution in [3.8, 4) is 5.75 Å². The van der Waals surface area contributed by atoms with E-state index in [1.807, 2.05) is 6.07 Å². The fourth-order valence-electron chi connectivity index (χ4n) is 2.91. The number of hydrogen-bond donors (Lipinski definition) is 0. The first-order valence-electron chi connectivity index (χ1n) is 7.18. The number of halogens is 1. The number of carbonyl (C=O) groups excluding carboxylic acids is 1. The number of rotatable bonds is 2. The standard InChI is InChI=1S/C17H11BrO5/c18-15-7-6-13(22-15)17(20)21-9-4-5-11-10-2-1-3-12(10)16(19)23-14(11)8-9/h4-8H,1-3H2. The molecule has 0 fully saturated rings. The molecule has 1 aliphatic rings. The van der Waals surface area contributed by atoms with Crippen molar-refractivity contribution in [3.63, 3.8) is 0 Å². The summed E-state index contributed by atoms with van der Waals surface area (Å²) in [5.74, 6) is -0.220. The van der Waals surface area contributed by atoms with Gasteiger partial charge >= 0.3 is 11.6 Å². The SMILES string of the molecule is O=C(Oc1ccc2c3c(c(=O)oc2c1)CCC3)c1ccc(Br)o1. The van der Waals surface area contributed by atoms with Gasteiger partial charge in [0, 0.05) is 17.0 Å². The lowest BCUT2D eigenvalue weighted by Gasteiger charge is -2.06. The van der Waals surface area contributed by atoms with Gasteiger partial charge in [-0.3, -0.25) is 0 Å². The predicted molar refractivity (Wildman–Crippen MR) is 85.9 cm³/mol. The summed E-state index contributed by atoms with van der Waals surface area (Å²) >= 11 is 3.13.